The van der Waals surface area contributed by atoms with Gasteiger partial charge in [0.15, 0.2) is 5.96 Å². The van der Waals surface area contributed by atoms with E-state index in [4.69, 9.17) is 10.5 Å². The summed E-state index contributed by atoms with van der Waals surface area (Å²) < 4.78 is 4.97. The summed E-state index contributed by atoms with van der Waals surface area (Å²) in [7, 11) is 0. The first kappa shape index (κ1) is 20.4. The molecule has 28 heavy (non-hydrogen) atoms. The Bertz CT molecular complexity index is 867. The van der Waals surface area contributed by atoms with Gasteiger partial charge in [0, 0.05) is 11.4 Å². The number of anilines is 2. The number of rotatable bonds is 4. The number of aryl methyl sites for hydroxylation is 1. The normalized spacial score (nSPS) is 16.2. The maximum atomic E-state index is 11.6. The van der Waals surface area contributed by atoms with Crippen molar-refractivity contribution in [1.82, 2.24) is 0 Å². The van der Waals surface area contributed by atoms with Crippen LogP contribution in [0.1, 0.15) is 29.5 Å². The highest BCUT2D eigenvalue weighted by atomic mass is 127. The minimum Gasteiger partial charge on any atom is -0.447 e. The molecule has 148 valence electrons. The Balaban J connectivity index is 0.00000225. The molecule has 1 amide bonds. The molecule has 0 unspecified atom stereocenters. The van der Waals surface area contributed by atoms with Crippen LogP contribution in [0.25, 0.3) is 0 Å². The first-order valence-corrected chi connectivity index (χ1v) is 9.41. The van der Waals surface area contributed by atoms with Crippen molar-refractivity contribution in [3.63, 3.8) is 0 Å². The van der Waals surface area contributed by atoms with Gasteiger partial charge in [0.05, 0.1) is 13.1 Å². The van der Waals surface area contributed by atoms with Crippen molar-refractivity contribution in [2.45, 2.75) is 32.2 Å². The summed E-state index contributed by atoms with van der Waals surface area (Å²) in [5.41, 5.74) is 11.8. The van der Waals surface area contributed by atoms with Crippen LogP contribution in [-0.4, -0.2) is 25.2 Å². The van der Waals surface area contributed by atoms with E-state index >= 15 is 0 Å². The van der Waals surface area contributed by atoms with Gasteiger partial charge in [-0.15, -0.1) is 24.0 Å². The van der Waals surface area contributed by atoms with Crippen LogP contribution in [0.4, 0.5) is 16.2 Å². The van der Waals surface area contributed by atoms with Gasteiger partial charge in [0.25, 0.3) is 0 Å². The van der Waals surface area contributed by atoms with Crippen LogP contribution in [0.5, 0.6) is 0 Å². The molecular formula is C21H25IN4O2. The highest BCUT2D eigenvalue weighted by molar-refractivity contribution is 14.0. The molecule has 0 bridgehead atoms. The van der Waals surface area contributed by atoms with Crippen molar-refractivity contribution in [1.29, 1.82) is 0 Å². The van der Waals surface area contributed by atoms with E-state index in [9.17, 15) is 4.79 Å². The SMILES string of the molecule is I.NC(=NCc1ccc(N2CCOC2=O)cc1)Nc1cccc2c1CCCC2. The van der Waals surface area contributed by atoms with Crippen molar-refractivity contribution in [2.75, 3.05) is 23.4 Å². The zero-order chi connectivity index (χ0) is 18.6. The molecule has 1 saturated heterocycles. The molecule has 2 aromatic rings. The third kappa shape index (κ3) is 4.57. The molecule has 2 aromatic carbocycles. The molecule has 4 rings (SSSR count). The number of nitrogens with two attached hydrogens (primary N) is 1. The highest BCUT2D eigenvalue weighted by Gasteiger charge is 2.23. The van der Waals surface area contributed by atoms with Crippen LogP contribution in [0.2, 0.25) is 0 Å². The van der Waals surface area contributed by atoms with Crippen LogP contribution in [0, 0.1) is 0 Å². The van der Waals surface area contributed by atoms with Gasteiger partial charge >= 0.3 is 6.09 Å². The molecule has 7 heteroatoms. The number of cyclic esters (lactones) is 1. The van der Waals surface area contributed by atoms with E-state index in [0.29, 0.717) is 25.7 Å². The van der Waals surface area contributed by atoms with Crippen molar-refractivity contribution < 1.29 is 9.53 Å². The predicted octanol–water partition coefficient (Wildman–Crippen LogP) is 4.07. The molecule has 1 aliphatic heterocycles. The first-order valence-electron chi connectivity index (χ1n) is 9.41. The van der Waals surface area contributed by atoms with Gasteiger partial charge in [-0.2, -0.15) is 0 Å². The minimum absolute atomic E-state index is 0. The number of carbonyl (C=O) groups is 1. The zero-order valence-corrected chi connectivity index (χ0v) is 18.0. The summed E-state index contributed by atoms with van der Waals surface area (Å²) in [5, 5.41) is 3.26. The molecule has 0 radical (unpaired) electrons. The molecule has 0 spiro atoms. The Kier molecular flexibility index (Phi) is 6.77. The van der Waals surface area contributed by atoms with E-state index in [1.807, 2.05) is 24.3 Å². The summed E-state index contributed by atoms with van der Waals surface area (Å²) in [6.45, 7) is 1.52. The number of guanidine groups is 1. The number of hydrogen-bond acceptors (Lipinski definition) is 3. The number of hydrogen-bond donors (Lipinski definition) is 2. The van der Waals surface area contributed by atoms with Gasteiger partial charge < -0.3 is 15.8 Å². The fourth-order valence-corrected chi connectivity index (χ4v) is 3.66. The topological polar surface area (TPSA) is 79.9 Å². The number of aliphatic imine (C=N–C) groups is 1. The van der Waals surface area contributed by atoms with Gasteiger partial charge in [-0.3, -0.25) is 4.90 Å². The second kappa shape index (κ2) is 9.27. The van der Waals surface area contributed by atoms with Crippen LogP contribution in [0.15, 0.2) is 47.5 Å². The molecule has 0 aromatic heterocycles. The van der Waals surface area contributed by atoms with E-state index in [0.717, 1.165) is 29.8 Å². The Morgan fingerprint density at radius 2 is 1.93 bits per heavy atom. The Morgan fingerprint density at radius 3 is 2.68 bits per heavy atom. The number of halogens is 1. The van der Waals surface area contributed by atoms with Crippen LogP contribution in [-0.2, 0) is 24.1 Å². The number of amides is 1. The van der Waals surface area contributed by atoms with Gasteiger partial charge in [-0.1, -0.05) is 24.3 Å². The van der Waals surface area contributed by atoms with E-state index < -0.39 is 0 Å². The molecule has 3 N–H and O–H groups in total. The largest absolute Gasteiger partial charge is 0.447 e. The fraction of sp³-hybridized carbons (Fsp3) is 0.333. The maximum Gasteiger partial charge on any atom is 0.414 e. The lowest BCUT2D eigenvalue weighted by Crippen LogP contribution is -2.24. The average Bonchev–Trinajstić information content (AvgIpc) is 3.13. The third-order valence-electron chi connectivity index (χ3n) is 5.10. The smallest absolute Gasteiger partial charge is 0.414 e. The minimum atomic E-state index is -0.291. The van der Waals surface area contributed by atoms with Gasteiger partial charge in [0.2, 0.25) is 0 Å². The van der Waals surface area contributed by atoms with E-state index in [2.05, 4.69) is 28.5 Å². The quantitative estimate of drug-likeness (QED) is 0.383. The average molecular weight is 492 g/mol. The van der Waals surface area contributed by atoms with Gasteiger partial charge in [-0.05, 0) is 60.6 Å². The number of fused-ring (bicyclic) bond motifs is 1. The lowest BCUT2D eigenvalue weighted by Gasteiger charge is -2.19. The summed E-state index contributed by atoms with van der Waals surface area (Å²) in [6.07, 6.45) is 4.41. The van der Waals surface area contributed by atoms with Crippen LogP contribution in [0.3, 0.4) is 0 Å². The molecule has 1 aliphatic carbocycles. The highest BCUT2D eigenvalue weighted by Crippen LogP contribution is 2.27. The molecule has 0 atom stereocenters. The molecule has 0 saturated carbocycles. The van der Waals surface area contributed by atoms with E-state index in [1.54, 1.807) is 4.90 Å². The summed E-state index contributed by atoms with van der Waals surface area (Å²) >= 11 is 0. The molecular weight excluding hydrogens is 467 g/mol. The van der Waals surface area contributed by atoms with Gasteiger partial charge in [0.1, 0.15) is 6.61 Å². The number of nitrogens with zero attached hydrogens (tertiary/aromatic N) is 2. The fourth-order valence-electron chi connectivity index (χ4n) is 3.66. The Labute approximate surface area is 182 Å². The molecule has 2 aliphatic rings. The number of benzene rings is 2. The Morgan fingerprint density at radius 1 is 1.14 bits per heavy atom. The van der Waals surface area contributed by atoms with E-state index in [1.165, 1.54) is 24.0 Å². The standard InChI is InChI=1S/C21H24N4O2.HI/c22-20(24-19-7-3-5-16-4-1-2-6-18(16)19)23-14-15-8-10-17(11-9-15)25-12-13-27-21(25)26;/h3,5,7-11H,1-2,4,6,12-14H2,(H3,22,23,24);1H. The summed E-state index contributed by atoms with van der Waals surface area (Å²) in [4.78, 5) is 17.7. The summed E-state index contributed by atoms with van der Waals surface area (Å²) in [5.74, 6) is 0.418. The van der Waals surface area contributed by atoms with Crippen molar-refractivity contribution >= 4 is 47.4 Å². The summed E-state index contributed by atoms with van der Waals surface area (Å²) in [6, 6.07) is 14.1. The van der Waals surface area contributed by atoms with E-state index in [-0.39, 0.29) is 30.1 Å². The second-order valence-corrected chi connectivity index (χ2v) is 6.91. The lowest BCUT2D eigenvalue weighted by atomic mass is 9.90. The zero-order valence-electron chi connectivity index (χ0n) is 15.7. The maximum absolute atomic E-state index is 11.6. The first-order chi connectivity index (χ1) is 13.2. The number of ether oxygens (including phenoxy) is 1. The lowest BCUT2D eigenvalue weighted by molar-refractivity contribution is 0.181. The van der Waals surface area contributed by atoms with Crippen molar-refractivity contribution in [3.8, 4) is 0 Å². The number of nitrogens with one attached hydrogen (secondary N) is 1. The van der Waals surface area contributed by atoms with Crippen molar-refractivity contribution in [3.05, 3.63) is 59.2 Å². The molecule has 1 heterocycles. The van der Waals surface area contributed by atoms with Crippen molar-refractivity contribution in [2.24, 2.45) is 10.7 Å². The van der Waals surface area contributed by atoms with Crippen LogP contribution < -0.4 is 16.0 Å². The third-order valence-corrected chi connectivity index (χ3v) is 5.10. The molecule has 1 fully saturated rings. The second-order valence-electron chi connectivity index (χ2n) is 6.91. The Hall–Kier alpha value is -2.29. The predicted molar refractivity (Wildman–Crippen MR) is 123 cm³/mol. The van der Waals surface area contributed by atoms with Crippen LogP contribution >= 0.6 is 24.0 Å². The molecule has 6 nitrogen and oxygen atoms in total. The van der Waals surface area contributed by atoms with Gasteiger partial charge in [-0.25, -0.2) is 9.79 Å². The number of carbonyl (C=O) groups excluding carboxylic acids is 1. The monoisotopic (exact) mass is 492 g/mol.